The molecule has 0 saturated carbocycles. The summed E-state index contributed by atoms with van der Waals surface area (Å²) < 4.78 is 9.68. The number of carbonyl (C=O) groups excluding carboxylic acids is 1. The van der Waals surface area contributed by atoms with Crippen molar-refractivity contribution in [1.29, 1.82) is 0 Å². The summed E-state index contributed by atoms with van der Waals surface area (Å²) in [7, 11) is 1.36. The van der Waals surface area contributed by atoms with Gasteiger partial charge in [0.2, 0.25) is 11.2 Å². The highest BCUT2D eigenvalue weighted by molar-refractivity contribution is 5.55. The maximum absolute atomic E-state index is 11.0. The van der Waals surface area contributed by atoms with Crippen LogP contribution in [0.4, 0.5) is 0 Å². The number of aldehydes is 1. The molecule has 12 heavy (non-hydrogen) atoms. The standard InChI is InChI=1S/C8H8O4/c1-11-8-6(10)3-5-12-7(8)2-4-9/h3-5H,2H2,1H3. The van der Waals surface area contributed by atoms with Crippen molar-refractivity contribution >= 4 is 6.29 Å². The highest BCUT2D eigenvalue weighted by atomic mass is 16.5. The maximum Gasteiger partial charge on any atom is 0.227 e. The van der Waals surface area contributed by atoms with Gasteiger partial charge in [-0.05, 0) is 0 Å². The first kappa shape index (κ1) is 8.52. The fourth-order valence-electron chi connectivity index (χ4n) is 0.875. The minimum absolute atomic E-state index is 0.0548. The van der Waals surface area contributed by atoms with Crippen LogP contribution in [0.1, 0.15) is 5.76 Å². The number of hydrogen-bond donors (Lipinski definition) is 0. The molecule has 1 aromatic heterocycles. The van der Waals surface area contributed by atoms with Crippen LogP contribution in [-0.2, 0) is 11.2 Å². The van der Waals surface area contributed by atoms with E-state index in [1.807, 2.05) is 0 Å². The van der Waals surface area contributed by atoms with Gasteiger partial charge in [-0.15, -0.1) is 0 Å². The molecule has 1 rings (SSSR count). The third kappa shape index (κ3) is 1.53. The monoisotopic (exact) mass is 168 g/mol. The zero-order valence-electron chi connectivity index (χ0n) is 6.57. The Morgan fingerprint density at radius 1 is 1.67 bits per heavy atom. The van der Waals surface area contributed by atoms with E-state index < -0.39 is 0 Å². The van der Waals surface area contributed by atoms with Gasteiger partial charge in [0.1, 0.15) is 6.29 Å². The van der Waals surface area contributed by atoms with Gasteiger partial charge in [-0.2, -0.15) is 0 Å². The Morgan fingerprint density at radius 3 is 3.00 bits per heavy atom. The molecule has 0 bridgehead atoms. The SMILES string of the molecule is COc1c(CC=O)occc1=O. The Bertz CT molecular complexity index is 326. The molecule has 0 N–H and O–H groups in total. The summed E-state index contributed by atoms with van der Waals surface area (Å²) in [5.41, 5.74) is -0.277. The molecule has 64 valence electrons. The van der Waals surface area contributed by atoms with Crippen molar-refractivity contribution < 1.29 is 13.9 Å². The molecule has 0 unspecified atom stereocenters. The average molecular weight is 168 g/mol. The molecular weight excluding hydrogens is 160 g/mol. The number of methoxy groups -OCH3 is 1. The number of ether oxygens (including phenoxy) is 1. The van der Waals surface area contributed by atoms with Crippen LogP contribution < -0.4 is 10.2 Å². The van der Waals surface area contributed by atoms with Gasteiger partial charge in [0.25, 0.3) is 0 Å². The van der Waals surface area contributed by atoms with Crippen LogP contribution in [0.2, 0.25) is 0 Å². The van der Waals surface area contributed by atoms with Crippen molar-refractivity contribution in [2.24, 2.45) is 0 Å². The van der Waals surface area contributed by atoms with E-state index in [4.69, 9.17) is 9.15 Å². The smallest absolute Gasteiger partial charge is 0.227 e. The molecule has 0 aliphatic heterocycles. The van der Waals surface area contributed by atoms with Crippen LogP contribution >= 0.6 is 0 Å². The normalized spacial score (nSPS) is 9.42. The summed E-state index contributed by atoms with van der Waals surface area (Å²) in [4.78, 5) is 21.2. The lowest BCUT2D eigenvalue weighted by atomic mass is 10.3. The predicted molar refractivity (Wildman–Crippen MR) is 41.3 cm³/mol. The van der Waals surface area contributed by atoms with Crippen LogP contribution in [-0.4, -0.2) is 13.4 Å². The predicted octanol–water partition coefficient (Wildman–Crippen LogP) is 0.390. The summed E-state index contributed by atoms with van der Waals surface area (Å²) in [6.07, 6.45) is 1.95. The van der Waals surface area contributed by atoms with E-state index in [1.165, 1.54) is 19.4 Å². The van der Waals surface area contributed by atoms with Crippen molar-refractivity contribution in [2.75, 3.05) is 7.11 Å². The van der Waals surface area contributed by atoms with E-state index in [0.29, 0.717) is 6.29 Å². The Hall–Kier alpha value is -1.58. The third-order valence-corrected chi connectivity index (χ3v) is 1.38. The number of hydrogen-bond acceptors (Lipinski definition) is 4. The van der Waals surface area contributed by atoms with Crippen molar-refractivity contribution in [3.8, 4) is 5.75 Å². The summed E-state index contributed by atoms with van der Waals surface area (Å²) in [5, 5.41) is 0. The third-order valence-electron chi connectivity index (χ3n) is 1.38. The van der Waals surface area contributed by atoms with Crippen molar-refractivity contribution in [3.63, 3.8) is 0 Å². The molecule has 0 spiro atoms. The van der Waals surface area contributed by atoms with Crippen LogP contribution in [0.5, 0.6) is 5.75 Å². The molecule has 0 amide bonds. The average Bonchev–Trinajstić information content (AvgIpc) is 2.05. The van der Waals surface area contributed by atoms with Crippen LogP contribution in [0, 0.1) is 0 Å². The Kier molecular flexibility index (Phi) is 2.63. The molecule has 0 fully saturated rings. The first-order valence-corrected chi connectivity index (χ1v) is 3.38. The fourth-order valence-corrected chi connectivity index (χ4v) is 0.875. The van der Waals surface area contributed by atoms with Crippen LogP contribution in [0.25, 0.3) is 0 Å². The van der Waals surface area contributed by atoms with Gasteiger partial charge >= 0.3 is 0 Å². The number of carbonyl (C=O) groups is 1. The van der Waals surface area contributed by atoms with Gasteiger partial charge < -0.3 is 13.9 Å². The zero-order chi connectivity index (χ0) is 8.97. The summed E-state index contributed by atoms with van der Waals surface area (Å²) >= 11 is 0. The largest absolute Gasteiger partial charge is 0.490 e. The Morgan fingerprint density at radius 2 is 2.42 bits per heavy atom. The number of rotatable bonds is 3. The molecule has 4 nitrogen and oxygen atoms in total. The summed E-state index contributed by atoms with van der Waals surface area (Å²) in [6.45, 7) is 0. The van der Waals surface area contributed by atoms with Gasteiger partial charge in [-0.1, -0.05) is 0 Å². The lowest BCUT2D eigenvalue weighted by molar-refractivity contribution is -0.107. The lowest BCUT2D eigenvalue weighted by Crippen LogP contribution is -2.06. The molecule has 0 aliphatic carbocycles. The van der Waals surface area contributed by atoms with Gasteiger partial charge in [-0.25, -0.2) is 0 Å². The summed E-state index contributed by atoms with van der Waals surface area (Å²) in [6, 6.07) is 1.24. The second-order valence-electron chi connectivity index (χ2n) is 2.11. The molecule has 0 aromatic carbocycles. The van der Waals surface area contributed by atoms with E-state index in [9.17, 15) is 9.59 Å². The Labute approximate surface area is 68.8 Å². The van der Waals surface area contributed by atoms with E-state index in [-0.39, 0.29) is 23.4 Å². The molecule has 0 saturated heterocycles. The van der Waals surface area contributed by atoms with Crippen molar-refractivity contribution in [2.45, 2.75) is 6.42 Å². The van der Waals surface area contributed by atoms with E-state index >= 15 is 0 Å². The van der Waals surface area contributed by atoms with Crippen LogP contribution in [0.15, 0.2) is 21.5 Å². The highest BCUT2D eigenvalue weighted by Gasteiger charge is 2.07. The molecule has 0 atom stereocenters. The van der Waals surface area contributed by atoms with Crippen LogP contribution in [0.3, 0.4) is 0 Å². The second-order valence-corrected chi connectivity index (χ2v) is 2.11. The molecule has 0 aliphatic rings. The highest BCUT2D eigenvalue weighted by Crippen LogP contribution is 2.11. The van der Waals surface area contributed by atoms with E-state index in [1.54, 1.807) is 0 Å². The van der Waals surface area contributed by atoms with E-state index in [2.05, 4.69) is 0 Å². The van der Waals surface area contributed by atoms with Crippen molar-refractivity contribution in [3.05, 3.63) is 28.3 Å². The fraction of sp³-hybridized carbons (Fsp3) is 0.250. The Balaban J connectivity index is 3.17. The quantitative estimate of drug-likeness (QED) is 0.612. The minimum atomic E-state index is -0.277. The maximum atomic E-state index is 11.0. The molecule has 0 radical (unpaired) electrons. The van der Waals surface area contributed by atoms with Gasteiger partial charge in [0, 0.05) is 6.07 Å². The minimum Gasteiger partial charge on any atom is -0.490 e. The lowest BCUT2D eigenvalue weighted by Gasteiger charge is -2.01. The topological polar surface area (TPSA) is 56.5 Å². The molecular formula is C8H8O4. The molecule has 1 heterocycles. The van der Waals surface area contributed by atoms with Gasteiger partial charge in [0.05, 0.1) is 19.8 Å². The molecule has 4 heteroatoms. The zero-order valence-corrected chi connectivity index (χ0v) is 6.57. The first-order valence-electron chi connectivity index (χ1n) is 3.38. The van der Waals surface area contributed by atoms with Gasteiger partial charge in [0.15, 0.2) is 5.76 Å². The van der Waals surface area contributed by atoms with E-state index in [0.717, 1.165) is 0 Å². The second kappa shape index (κ2) is 3.71. The molecule has 1 aromatic rings. The first-order chi connectivity index (χ1) is 5.79. The van der Waals surface area contributed by atoms with Crippen molar-refractivity contribution in [1.82, 2.24) is 0 Å². The van der Waals surface area contributed by atoms with Gasteiger partial charge in [-0.3, -0.25) is 4.79 Å². The summed E-state index contributed by atoms with van der Waals surface area (Å²) in [5.74, 6) is 0.365.